The summed E-state index contributed by atoms with van der Waals surface area (Å²) < 4.78 is 10.6. The summed E-state index contributed by atoms with van der Waals surface area (Å²) in [4.78, 5) is 45.4. The maximum Gasteiger partial charge on any atom is 0.261 e. The number of fused-ring (bicyclic) bond motifs is 1. The van der Waals surface area contributed by atoms with Crippen molar-refractivity contribution >= 4 is 11.8 Å². The largest absolute Gasteiger partial charge is 0.496 e. The van der Waals surface area contributed by atoms with Gasteiger partial charge in [0.1, 0.15) is 11.3 Å². The average Bonchev–Trinajstić information content (AvgIpc) is 3.26. The van der Waals surface area contributed by atoms with Gasteiger partial charge in [0.2, 0.25) is 0 Å². The molecule has 0 bridgehead atoms. The van der Waals surface area contributed by atoms with Crippen molar-refractivity contribution < 1.29 is 19.1 Å². The number of methoxy groups -OCH3 is 2. The van der Waals surface area contributed by atoms with Gasteiger partial charge in [-0.1, -0.05) is 6.07 Å². The third kappa shape index (κ3) is 3.90. The zero-order valence-corrected chi connectivity index (χ0v) is 18.8. The summed E-state index contributed by atoms with van der Waals surface area (Å²) in [6.45, 7) is 3.72. The van der Waals surface area contributed by atoms with Gasteiger partial charge in [-0.3, -0.25) is 14.4 Å². The monoisotopic (exact) mass is 439 g/mol. The Morgan fingerprint density at radius 3 is 2.75 bits per heavy atom. The minimum Gasteiger partial charge on any atom is -0.496 e. The lowest BCUT2D eigenvalue weighted by molar-refractivity contribution is 0.0626. The summed E-state index contributed by atoms with van der Waals surface area (Å²) in [6, 6.07) is 5.41. The molecule has 1 saturated heterocycles. The van der Waals surface area contributed by atoms with Gasteiger partial charge in [0.05, 0.1) is 19.8 Å². The second-order valence-corrected chi connectivity index (χ2v) is 8.36. The van der Waals surface area contributed by atoms with Gasteiger partial charge in [0, 0.05) is 44.1 Å². The summed E-state index contributed by atoms with van der Waals surface area (Å²) in [5.41, 5.74) is 2.76. The summed E-state index contributed by atoms with van der Waals surface area (Å²) in [5, 5.41) is 0. The summed E-state index contributed by atoms with van der Waals surface area (Å²) >= 11 is 0. The number of ether oxygens (including phenoxy) is 2. The molecule has 0 aliphatic carbocycles. The number of pyridine rings is 1. The first-order valence-electron chi connectivity index (χ1n) is 10.9. The van der Waals surface area contributed by atoms with Crippen LogP contribution < -0.4 is 10.3 Å². The van der Waals surface area contributed by atoms with Gasteiger partial charge < -0.3 is 24.3 Å². The van der Waals surface area contributed by atoms with E-state index in [1.807, 2.05) is 13.0 Å². The van der Waals surface area contributed by atoms with Crippen LogP contribution in [0.3, 0.4) is 0 Å². The molecule has 8 nitrogen and oxygen atoms in total. The molecule has 2 aromatic rings. The van der Waals surface area contributed by atoms with Gasteiger partial charge >= 0.3 is 0 Å². The Morgan fingerprint density at radius 2 is 2.00 bits per heavy atom. The molecular formula is C24H29N3O5. The first-order valence-corrected chi connectivity index (χ1v) is 10.9. The smallest absolute Gasteiger partial charge is 0.261 e. The highest BCUT2D eigenvalue weighted by molar-refractivity contribution is 5.98. The van der Waals surface area contributed by atoms with Crippen LogP contribution in [0.25, 0.3) is 0 Å². The van der Waals surface area contributed by atoms with Crippen LogP contribution in [0.15, 0.2) is 29.2 Å². The Bertz CT molecular complexity index is 1090. The van der Waals surface area contributed by atoms with Crippen molar-refractivity contribution in [1.29, 1.82) is 0 Å². The molecule has 1 aromatic carbocycles. The van der Waals surface area contributed by atoms with E-state index in [1.165, 1.54) is 0 Å². The van der Waals surface area contributed by atoms with E-state index in [0.29, 0.717) is 44.0 Å². The lowest BCUT2D eigenvalue weighted by atomic mass is 9.95. The third-order valence-corrected chi connectivity index (χ3v) is 6.52. The number of aromatic amines is 1. The molecule has 4 rings (SSSR count). The zero-order chi connectivity index (χ0) is 22.8. The Kier molecular flexibility index (Phi) is 6.32. The highest BCUT2D eigenvalue weighted by Crippen LogP contribution is 2.27. The van der Waals surface area contributed by atoms with Crippen LogP contribution in [-0.4, -0.2) is 66.6 Å². The second kappa shape index (κ2) is 9.16. The molecule has 1 atom stereocenters. The minimum atomic E-state index is -0.375. The van der Waals surface area contributed by atoms with Gasteiger partial charge in [-0.05, 0) is 49.4 Å². The number of H-pyrrole nitrogens is 1. The maximum absolute atomic E-state index is 13.3. The van der Waals surface area contributed by atoms with Crippen molar-refractivity contribution in [3.05, 3.63) is 62.6 Å². The topological polar surface area (TPSA) is 91.9 Å². The number of amides is 2. The lowest BCUT2D eigenvalue weighted by Gasteiger charge is -2.31. The van der Waals surface area contributed by atoms with Crippen molar-refractivity contribution in [2.75, 3.05) is 33.9 Å². The van der Waals surface area contributed by atoms with E-state index in [-0.39, 0.29) is 29.0 Å². The molecule has 8 heteroatoms. The fourth-order valence-corrected chi connectivity index (χ4v) is 4.82. The summed E-state index contributed by atoms with van der Waals surface area (Å²) in [6.07, 6.45) is 3.85. The molecule has 2 aliphatic heterocycles. The molecule has 2 aliphatic rings. The highest BCUT2D eigenvalue weighted by Gasteiger charge is 2.34. The van der Waals surface area contributed by atoms with E-state index in [2.05, 4.69) is 4.98 Å². The van der Waals surface area contributed by atoms with Crippen molar-refractivity contribution in [1.82, 2.24) is 14.8 Å². The standard InChI is InChI=1S/C24H29N3O5/c1-15-18(7-4-8-20(15)32-3)23(29)26-11-9-19-16(13-26)12-25-22(28)21(19)24(30)27-10-5-6-17(27)14-31-2/h4,7-8,12,17H,5-6,9-11,13-14H2,1-3H3,(H,25,28)/t17-/m0/s1. The molecule has 3 heterocycles. The highest BCUT2D eigenvalue weighted by atomic mass is 16.5. The van der Waals surface area contributed by atoms with Crippen LogP contribution in [0.4, 0.5) is 0 Å². The van der Waals surface area contributed by atoms with Crippen LogP contribution in [0, 0.1) is 6.92 Å². The first kappa shape index (κ1) is 22.1. The number of carbonyl (C=O) groups excluding carboxylic acids is 2. The van der Waals surface area contributed by atoms with E-state index in [1.54, 1.807) is 42.3 Å². The van der Waals surface area contributed by atoms with Gasteiger partial charge in [0.15, 0.2) is 0 Å². The molecule has 0 saturated carbocycles. The van der Waals surface area contributed by atoms with Crippen molar-refractivity contribution in [2.24, 2.45) is 0 Å². The van der Waals surface area contributed by atoms with Crippen molar-refractivity contribution in [3.63, 3.8) is 0 Å². The van der Waals surface area contributed by atoms with E-state index in [4.69, 9.17) is 9.47 Å². The third-order valence-electron chi connectivity index (χ3n) is 6.52. The van der Waals surface area contributed by atoms with E-state index in [9.17, 15) is 14.4 Å². The number of carbonyl (C=O) groups is 2. The van der Waals surface area contributed by atoms with Gasteiger partial charge in [-0.25, -0.2) is 0 Å². The first-order chi connectivity index (χ1) is 15.5. The normalized spacial score (nSPS) is 17.9. The number of nitrogens with one attached hydrogen (secondary N) is 1. The quantitative estimate of drug-likeness (QED) is 0.771. The van der Waals surface area contributed by atoms with Crippen LogP contribution in [0.5, 0.6) is 5.75 Å². The summed E-state index contributed by atoms with van der Waals surface area (Å²) in [7, 11) is 3.20. The lowest BCUT2D eigenvalue weighted by Crippen LogP contribution is -2.43. The van der Waals surface area contributed by atoms with Crippen LogP contribution >= 0.6 is 0 Å². The predicted molar refractivity (Wildman–Crippen MR) is 119 cm³/mol. The Hall–Kier alpha value is -3.13. The summed E-state index contributed by atoms with van der Waals surface area (Å²) in [5.74, 6) is 0.332. The molecule has 0 radical (unpaired) electrons. The second-order valence-electron chi connectivity index (χ2n) is 8.36. The number of benzene rings is 1. The Morgan fingerprint density at radius 1 is 1.19 bits per heavy atom. The Balaban J connectivity index is 1.61. The fourth-order valence-electron chi connectivity index (χ4n) is 4.82. The van der Waals surface area contributed by atoms with E-state index < -0.39 is 0 Å². The van der Waals surface area contributed by atoms with Crippen LogP contribution in [-0.2, 0) is 17.7 Å². The van der Waals surface area contributed by atoms with E-state index in [0.717, 1.165) is 29.5 Å². The van der Waals surface area contributed by atoms with Crippen molar-refractivity contribution in [3.8, 4) is 5.75 Å². The zero-order valence-electron chi connectivity index (χ0n) is 18.8. The molecule has 1 fully saturated rings. The van der Waals surface area contributed by atoms with Crippen molar-refractivity contribution in [2.45, 2.75) is 38.8 Å². The molecule has 170 valence electrons. The molecule has 1 aromatic heterocycles. The molecule has 0 spiro atoms. The number of nitrogens with zero attached hydrogens (tertiary/aromatic N) is 2. The SMILES string of the molecule is COC[C@@H]1CCCN1C(=O)c1c2c(c[nH]c1=O)CN(C(=O)c1cccc(OC)c1C)CC2. The maximum atomic E-state index is 13.3. The molecule has 2 amide bonds. The number of likely N-dealkylation sites (tertiary alicyclic amines) is 1. The number of aromatic nitrogens is 1. The molecule has 0 unspecified atom stereocenters. The fraction of sp³-hybridized carbons (Fsp3) is 0.458. The molecular weight excluding hydrogens is 410 g/mol. The number of hydrogen-bond donors (Lipinski definition) is 1. The van der Waals surface area contributed by atoms with Gasteiger partial charge in [0.25, 0.3) is 17.4 Å². The number of hydrogen-bond acceptors (Lipinski definition) is 5. The van der Waals surface area contributed by atoms with Gasteiger partial charge in [-0.2, -0.15) is 0 Å². The molecule has 1 N–H and O–H groups in total. The van der Waals surface area contributed by atoms with Gasteiger partial charge in [-0.15, -0.1) is 0 Å². The van der Waals surface area contributed by atoms with E-state index >= 15 is 0 Å². The average molecular weight is 440 g/mol. The Labute approximate surface area is 187 Å². The predicted octanol–water partition coefficient (Wildman–Crippen LogP) is 2.14. The minimum absolute atomic E-state index is 0.0135. The van der Waals surface area contributed by atoms with Crippen LogP contribution in [0.1, 0.15) is 50.2 Å². The number of rotatable bonds is 5. The van der Waals surface area contributed by atoms with Crippen LogP contribution in [0.2, 0.25) is 0 Å². The molecule has 32 heavy (non-hydrogen) atoms.